The number of carbonyl (C=O) groups is 1. The Morgan fingerprint density at radius 1 is 1.43 bits per heavy atom. The molecule has 1 aliphatic rings. The molecule has 110 valence electrons. The predicted molar refractivity (Wildman–Crippen MR) is 73.0 cm³/mol. The van der Waals surface area contributed by atoms with Crippen molar-refractivity contribution in [1.82, 2.24) is 9.78 Å². The van der Waals surface area contributed by atoms with Crippen LogP contribution in [0.1, 0.15) is 16.1 Å². The molecular weight excluding hydrogens is 296 g/mol. The third kappa shape index (κ3) is 1.83. The van der Waals surface area contributed by atoms with E-state index < -0.39 is 21.6 Å². The number of hydrogen-bond donors (Lipinski definition) is 1. The number of aromatic carboxylic acids is 1. The van der Waals surface area contributed by atoms with E-state index in [1.807, 2.05) is 0 Å². The summed E-state index contributed by atoms with van der Waals surface area (Å²) in [5, 5.41) is 13.1. The SMILES string of the molecule is COc1cccc2c1S(=O)(=O)Cc1c(C(=O)O)nn(C)c1-2. The fourth-order valence-electron chi connectivity index (χ4n) is 2.66. The molecule has 1 aliphatic heterocycles. The number of benzene rings is 1. The molecule has 0 spiro atoms. The Morgan fingerprint density at radius 3 is 2.76 bits per heavy atom. The van der Waals surface area contributed by atoms with Gasteiger partial charge >= 0.3 is 5.97 Å². The summed E-state index contributed by atoms with van der Waals surface area (Å²) >= 11 is 0. The number of carboxylic acid groups (broad SMARTS) is 1. The fourth-order valence-corrected chi connectivity index (χ4v) is 4.41. The van der Waals surface area contributed by atoms with Crippen molar-refractivity contribution < 1.29 is 23.1 Å². The smallest absolute Gasteiger partial charge is 0.356 e. The number of hydrogen-bond acceptors (Lipinski definition) is 5. The largest absolute Gasteiger partial charge is 0.495 e. The topological polar surface area (TPSA) is 98.5 Å². The molecule has 0 radical (unpaired) electrons. The Balaban J connectivity index is 2.44. The Bertz CT molecular complexity index is 867. The van der Waals surface area contributed by atoms with Crippen molar-refractivity contribution in [2.45, 2.75) is 10.6 Å². The quantitative estimate of drug-likeness (QED) is 0.891. The normalized spacial score (nSPS) is 15.1. The van der Waals surface area contributed by atoms with Crippen LogP contribution in [0.3, 0.4) is 0 Å². The summed E-state index contributed by atoms with van der Waals surface area (Å²) in [5.74, 6) is -1.39. The van der Waals surface area contributed by atoms with Crippen LogP contribution in [0.15, 0.2) is 23.1 Å². The minimum absolute atomic E-state index is 0.0833. The minimum Gasteiger partial charge on any atom is -0.495 e. The van der Waals surface area contributed by atoms with Crippen LogP contribution in [0.2, 0.25) is 0 Å². The highest BCUT2D eigenvalue weighted by molar-refractivity contribution is 7.91. The molecule has 8 heteroatoms. The lowest BCUT2D eigenvalue weighted by Crippen LogP contribution is -2.16. The predicted octanol–water partition coefficient (Wildman–Crippen LogP) is 1.08. The van der Waals surface area contributed by atoms with Crippen LogP contribution < -0.4 is 4.74 Å². The van der Waals surface area contributed by atoms with Gasteiger partial charge in [0.15, 0.2) is 15.5 Å². The van der Waals surface area contributed by atoms with Gasteiger partial charge < -0.3 is 9.84 Å². The van der Waals surface area contributed by atoms with Crippen molar-refractivity contribution in [3.05, 3.63) is 29.5 Å². The third-order valence-corrected chi connectivity index (χ3v) is 5.16. The number of fused-ring (bicyclic) bond motifs is 3. The zero-order valence-corrected chi connectivity index (χ0v) is 12.1. The first kappa shape index (κ1) is 13.6. The molecule has 1 aromatic carbocycles. The molecule has 1 aromatic heterocycles. The molecule has 7 nitrogen and oxygen atoms in total. The Morgan fingerprint density at radius 2 is 2.14 bits per heavy atom. The second kappa shape index (κ2) is 4.32. The van der Waals surface area contributed by atoms with Crippen LogP contribution in [0.25, 0.3) is 11.3 Å². The van der Waals surface area contributed by atoms with E-state index in [2.05, 4.69) is 5.10 Å². The van der Waals surface area contributed by atoms with Gasteiger partial charge in [0.25, 0.3) is 0 Å². The van der Waals surface area contributed by atoms with Crippen molar-refractivity contribution >= 4 is 15.8 Å². The van der Waals surface area contributed by atoms with E-state index in [0.717, 1.165) is 0 Å². The number of sulfone groups is 1. The summed E-state index contributed by atoms with van der Waals surface area (Å²) in [6.07, 6.45) is 0. The van der Waals surface area contributed by atoms with E-state index in [1.165, 1.54) is 11.8 Å². The van der Waals surface area contributed by atoms with Gasteiger partial charge in [-0.25, -0.2) is 13.2 Å². The van der Waals surface area contributed by atoms with Crippen molar-refractivity contribution in [1.29, 1.82) is 0 Å². The highest BCUT2D eigenvalue weighted by Crippen LogP contribution is 2.43. The average Bonchev–Trinajstić information content (AvgIpc) is 2.74. The molecule has 0 saturated carbocycles. The molecule has 2 heterocycles. The minimum atomic E-state index is -3.68. The fraction of sp³-hybridized carbons (Fsp3) is 0.231. The molecule has 0 atom stereocenters. The molecule has 21 heavy (non-hydrogen) atoms. The van der Waals surface area contributed by atoms with Crippen LogP contribution in [-0.4, -0.2) is 36.4 Å². The molecule has 3 rings (SSSR count). The van der Waals surface area contributed by atoms with Crippen LogP contribution >= 0.6 is 0 Å². The summed E-state index contributed by atoms with van der Waals surface area (Å²) in [6, 6.07) is 4.85. The van der Waals surface area contributed by atoms with Crippen LogP contribution in [0.5, 0.6) is 5.75 Å². The van der Waals surface area contributed by atoms with Crippen LogP contribution in [-0.2, 0) is 22.6 Å². The van der Waals surface area contributed by atoms with Crippen LogP contribution in [0, 0.1) is 0 Å². The summed E-state index contributed by atoms with van der Waals surface area (Å²) in [6.45, 7) is 0. The van der Waals surface area contributed by atoms with Gasteiger partial charge in [-0.3, -0.25) is 4.68 Å². The first-order chi connectivity index (χ1) is 9.86. The summed E-state index contributed by atoms with van der Waals surface area (Å²) in [5.41, 5.74) is 0.893. The number of methoxy groups -OCH3 is 1. The van der Waals surface area contributed by atoms with E-state index >= 15 is 0 Å². The molecule has 0 bridgehead atoms. The zero-order valence-electron chi connectivity index (χ0n) is 11.3. The van der Waals surface area contributed by atoms with Gasteiger partial charge in [0.1, 0.15) is 10.6 Å². The number of aromatic nitrogens is 2. The summed E-state index contributed by atoms with van der Waals surface area (Å²) < 4.78 is 31.5. The number of carboxylic acids is 1. The lowest BCUT2D eigenvalue weighted by atomic mass is 10.1. The number of aryl methyl sites for hydroxylation is 1. The van der Waals surface area contributed by atoms with Gasteiger partial charge in [-0.2, -0.15) is 5.10 Å². The molecule has 2 aromatic rings. The Hall–Kier alpha value is -2.35. The molecule has 0 fully saturated rings. The first-order valence-electron chi connectivity index (χ1n) is 6.06. The average molecular weight is 308 g/mol. The van der Waals surface area contributed by atoms with E-state index in [1.54, 1.807) is 25.2 Å². The molecular formula is C13H12N2O5S. The first-order valence-corrected chi connectivity index (χ1v) is 7.71. The van der Waals surface area contributed by atoms with Crippen molar-refractivity contribution in [2.75, 3.05) is 7.11 Å². The van der Waals surface area contributed by atoms with E-state index in [4.69, 9.17) is 4.74 Å². The van der Waals surface area contributed by atoms with Gasteiger partial charge in [-0.05, 0) is 6.07 Å². The van der Waals surface area contributed by atoms with Gasteiger partial charge in [0.05, 0.1) is 18.6 Å². The second-order valence-electron chi connectivity index (χ2n) is 4.70. The standard InChI is InChI=1S/C13H12N2O5S/c1-15-11-7-4-3-5-9(20-2)12(7)21(18,19)6-8(11)10(14-15)13(16)17/h3-5H,6H2,1-2H3,(H,16,17). The Kier molecular flexibility index (Phi) is 2.80. The highest BCUT2D eigenvalue weighted by Gasteiger charge is 2.37. The van der Waals surface area contributed by atoms with E-state index in [9.17, 15) is 18.3 Å². The number of nitrogens with zero attached hydrogens (tertiary/aromatic N) is 2. The highest BCUT2D eigenvalue weighted by atomic mass is 32.2. The molecule has 0 aliphatic carbocycles. The number of rotatable bonds is 2. The molecule has 1 N–H and O–H groups in total. The molecule has 0 unspecified atom stereocenters. The van der Waals surface area contributed by atoms with Gasteiger partial charge in [-0.15, -0.1) is 0 Å². The monoisotopic (exact) mass is 308 g/mol. The molecule has 0 saturated heterocycles. The Labute approximate surface area is 120 Å². The maximum atomic E-state index is 12.5. The molecule has 0 amide bonds. The van der Waals surface area contributed by atoms with E-state index in [0.29, 0.717) is 11.3 Å². The van der Waals surface area contributed by atoms with Gasteiger partial charge in [0, 0.05) is 18.2 Å². The summed E-state index contributed by atoms with van der Waals surface area (Å²) in [4.78, 5) is 11.3. The van der Waals surface area contributed by atoms with Crippen molar-refractivity contribution in [3.63, 3.8) is 0 Å². The van der Waals surface area contributed by atoms with E-state index in [-0.39, 0.29) is 21.9 Å². The maximum absolute atomic E-state index is 12.5. The van der Waals surface area contributed by atoms with Gasteiger partial charge in [0.2, 0.25) is 0 Å². The lowest BCUT2D eigenvalue weighted by Gasteiger charge is -2.20. The lowest BCUT2D eigenvalue weighted by molar-refractivity contribution is 0.0689. The van der Waals surface area contributed by atoms with Crippen LogP contribution in [0.4, 0.5) is 0 Å². The van der Waals surface area contributed by atoms with Crippen molar-refractivity contribution in [3.8, 4) is 17.0 Å². The number of ether oxygens (including phenoxy) is 1. The maximum Gasteiger partial charge on any atom is 0.356 e. The second-order valence-corrected chi connectivity index (χ2v) is 6.63. The summed E-state index contributed by atoms with van der Waals surface area (Å²) in [7, 11) is -0.697. The van der Waals surface area contributed by atoms with Gasteiger partial charge in [-0.1, -0.05) is 12.1 Å². The third-order valence-electron chi connectivity index (χ3n) is 3.45. The zero-order chi connectivity index (χ0) is 15.4. The van der Waals surface area contributed by atoms with Crippen molar-refractivity contribution in [2.24, 2.45) is 7.05 Å².